The topological polar surface area (TPSA) is 113 Å². The number of nitro benzene ring substituents is 2. The summed E-state index contributed by atoms with van der Waals surface area (Å²) in [5, 5.41) is 22.2. The summed E-state index contributed by atoms with van der Waals surface area (Å²) >= 11 is 7.00. The van der Waals surface area contributed by atoms with Crippen molar-refractivity contribution in [1.82, 2.24) is 0 Å². The highest BCUT2D eigenvalue weighted by Crippen LogP contribution is 2.40. The maximum absolute atomic E-state index is 12.0. The van der Waals surface area contributed by atoms with Crippen molar-refractivity contribution in [2.75, 3.05) is 6.61 Å². The Morgan fingerprint density at radius 3 is 2.36 bits per heavy atom. The number of carbonyl (C=O) groups excluding carboxylic acids is 1. The molecule has 25 heavy (non-hydrogen) atoms. The first kappa shape index (κ1) is 18.7. The minimum Gasteiger partial charge on any atom is -0.462 e. The molecule has 0 aliphatic carbocycles. The third-order valence-electron chi connectivity index (χ3n) is 3.02. The molecule has 10 heteroatoms. The van der Waals surface area contributed by atoms with Gasteiger partial charge in [-0.05, 0) is 19.1 Å². The standard InChI is InChI=1S/C15H11ClN2O6S/c1-2-24-15(19)9-7-14(10(16)8-12(9)18(22)23)25-13-6-4-3-5-11(13)17(20)21/h3-8H,2H2,1H3. The van der Waals surface area contributed by atoms with Gasteiger partial charge in [-0.15, -0.1) is 0 Å². The van der Waals surface area contributed by atoms with E-state index in [-0.39, 0.29) is 32.7 Å². The zero-order valence-electron chi connectivity index (χ0n) is 12.8. The molecule has 0 saturated carbocycles. The van der Waals surface area contributed by atoms with Gasteiger partial charge in [0.2, 0.25) is 0 Å². The first-order valence-corrected chi connectivity index (χ1v) is 8.11. The summed E-state index contributed by atoms with van der Waals surface area (Å²) in [7, 11) is 0. The molecule has 8 nitrogen and oxygen atoms in total. The quantitative estimate of drug-likeness (QED) is 0.411. The summed E-state index contributed by atoms with van der Waals surface area (Å²) in [6, 6.07) is 8.22. The van der Waals surface area contributed by atoms with Gasteiger partial charge in [-0.2, -0.15) is 0 Å². The number of para-hydroxylation sites is 1. The van der Waals surface area contributed by atoms with Crippen LogP contribution in [0.2, 0.25) is 5.02 Å². The zero-order valence-corrected chi connectivity index (χ0v) is 14.4. The molecule has 0 spiro atoms. The van der Waals surface area contributed by atoms with Gasteiger partial charge in [-0.1, -0.05) is 35.5 Å². The van der Waals surface area contributed by atoms with Crippen LogP contribution in [-0.2, 0) is 4.74 Å². The van der Waals surface area contributed by atoms with Crippen LogP contribution >= 0.6 is 23.4 Å². The number of halogens is 1. The second kappa shape index (κ2) is 7.95. The van der Waals surface area contributed by atoms with Crippen LogP contribution in [0.3, 0.4) is 0 Å². The average Bonchev–Trinajstić information content (AvgIpc) is 2.56. The molecule has 0 amide bonds. The maximum atomic E-state index is 12.0. The van der Waals surface area contributed by atoms with Crippen molar-refractivity contribution in [1.29, 1.82) is 0 Å². The Labute approximate surface area is 151 Å². The van der Waals surface area contributed by atoms with Crippen molar-refractivity contribution in [2.24, 2.45) is 0 Å². The molecule has 0 aromatic heterocycles. The Morgan fingerprint density at radius 1 is 1.12 bits per heavy atom. The highest BCUT2D eigenvalue weighted by atomic mass is 35.5. The monoisotopic (exact) mass is 382 g/mol. The number of nitro groups is 2. The molecule has 0 saturated heterocycles. The van der Waals surface area contributed by atoms with Crippen LogP contribution in [-0.4, -0.2) is 22.4 Å². The second-order valence-corrected chi connectivity index (χ2v) is 6.10. The number of hydrogen-bond acceptors (Lipinski definition) is 7. The first-order valence-electron chi connectivity index (χ1n) is 6.91. The number of benzene rings is 2. The van der Waals surface area contributed by atoms with Crippen molar-refractivity contribution in [3.8, 4) is 0 Å². The highest BCUT2D eigenvalue weighted by molar-refractivity contribution is 7.99. The molecule has 0 fully saturated rings. The van der Waals surface area contributed by atoms with Crippen LogP contribution in [0.15, 0.2) is 46.2 Å². The summed E-state index contributed by atoms with van der Waals surface area (Å²) in [5.41, 5.74) is -0.896. The maximum Gasteiger partial charge on any atom is 0.345 e. The largest absolute Gasteiger partial charge is 0.462 e. The SMILES string of the molecule is CCOC(=O)c1cc(Sc2ccccc2[N+](=O)[O-])c(Cl)cc1[N+](=O)[O-]. The minimum atomic E-state index is -0.865. The first-order chi connectivity index (χ1) is 11.8. The van der Waals surface area contributed by atoms with Crippen molar-refractivity contribution in [3.05, 3.63) is 67.2 Å². The molecule has 0 heterocycles. The van der Waals surface area contributed by atoms with Crippen LogP contribution in [0.4, 0.5) is 11.4 Å². The number of esters is 1. The van der Waals surface area contributed by atoms with Crippen molar-refractivity contribution < 1.29 is 19.4 Å². The minimum absolute atomic E-state index is 0.00268. The van der Waals surface area contributed by atoms with Gasteiger partial charge in [0.1, 0.15) is 5.56 Å². The van der Waals surface area contributed by atoms with E-state index in [0.717, 1.165) is 17.8 Å². The van der Waals surface area contributed by atoms with Gasteiger partial charge in [0, 0.05) is 17.0 Å². The van der Waals surface area contributed by atoms with Crippen LogP contribution in [0.5, 0.6) is 0 Å². The van der Waals surface area contributed by atoms with E-state index < -0.39 is 21.5 Å². The van der Waals surface area contributed by atoms with Gasteiger partial charge >= 0.3 is 5.97 Å². The summed E-state index contributed by atoms with van der Waals surface area (Å²) < 4.78 is 4.82. The predicted octanol–water partition coefficient (Wildman–Crippen LogP) is 4.48. The summed E-state index contributed by atoms with van der Waals surface area (Å²) in [5.74, 6) is -0.865. The Morgan fingerprint density at radius 2 is 1.76 bits per heavy atom. The summed E-state index contributed by atoms with van der Waals surface area (Å²) in [6.07, 6.45) is 0. The lowest BCUT2D eigenvalue weighted by Gasteiger charge is -2.08. The van der Waals surface area contributed by atoms with E-state index in [4.69, 9.17) is 16.3 Å². The molecule has 0 unspecified atom stereocenters. The Hall–Kier alpha value is -2.65. The molecule has 2 aromatic carbocycles. The molecule has 0 bridgehead atoms. The molecule has 0 aliphatic rings. The molecule has 130 valence electrons. The van der Waals surface area contributed by atoms with Gasteiger partial charge in [-0.25, -0.2) is 4.79 Å². The van der Waals surface area contributed by atoms with Crippen molar-refractivity contribution in [2.45, 2.75) is 16.7 Å². The van der Waals surface area contributed by atoms with Crippen molar-refractivity contribution >= 4 is 40.7 Å². The number of hydrogen-bond donors (Lipinski definition) is 0. The number of ether oxygens (including phenoxy) is 1. The summed E-state index contributed by atoms with van der Waals surface area (Å²) in [4.78, 5) is 33.5. The molecule has 2 rings (SSSR count). The fourth-order valence-corrected chi connectivity index (χ4v) is 3.19. The molecule has 0 atom stereocenters. The van der Waals surface area contributed by atoms with Gasteiger partial charge < -0.3 is 4.74 Å². The summed E-state index contributed by atoms with van der Waals surface area (Å²) in [6.45, 7) is 1.62. The van der Waals surface area contributed by atoms with E-state index in [2.05, 4.69) is 0 Å². The molecule has 0 radical (unpaired) electrons. The van der Waals surface area contributed by atoms with E-state index in [9.17, 15) is 25.0 Å². The predicted molar refractivity (Wildman–Crippen MR) is 91.3 cm³/mol. The average molecular weight is 383 g/mol. The smallest absolute Gasteiger partial charge is 0.345 e. The fraction of sp³-hybridized carbons (Fsp3) is 0.133. The van der Waals surface area contributed by atoms with Crippen LogP contribution < -0.4 is 0 Å². The van der Waals surface area contributed by atoms with Crippen LogP contribution in [0, 0.1) is 20.2 Å². The zero-order chi connectivity index (χ0) is 18.6. The highest BCUT2D eigenvalue weighted by Gasteiger charge is 2.25. The number of rotatable bonds is 6. The van der Waals surface area contributed by atoms with E-state index in [1.165, 1.54) is 24.3 Å². The normalized spacial score (nSPS) is 10.3. The molecule has 0 aliphatic heterocycles. The number of carbonyl (C=O) groups is 1. The van der Waals surface area contributed by atoms with Gasteiger partial charge in [0.15, 0.2) is 0 Å². The van der Waals surface area contributed by atoms with Crippen molar-refractivity contribution in [3.63, 3.8) is 0 Å². The van der Waals surface area contributed by atoms with Crippen LogP contribution in [0.25, 0.3) is 0 Å². The van der Waals surface area contributed by atoms with Gasteiger partial charge in [0.25, 0.3) is 11.4 Å². The van der Waals surface area contributed by atoms with E-state index in [1.807, 2.05) is 0 Å². The Kier molecular flexibility index (Phi) is 5.94. The Balaban J connectivity index is 2.52. The molecular formula is C15H11ClN2O6S. The lowest BCUT2D eigenvalue weighted by Crippen LogP contribution is -2.08. The van der Waals surface area contributed by atoms with Gasteiger partial charge in [0.05, 0.1) is 26.4 Å². The lowest BCUT2D eigenvalue weighted by molar-refractivity contribution is -0.387. The lowest BCUT2D eigenvalue weighted by atomic mass is 10.2. The third-order valence-corrected chi connectivity index (χ3v) is 4.57. The number of nitrogens with zero attached hydrogens (tertiary/aromatic N) is 2. The van der Waals surface area contributed by atoms with Crippen LogP contribution in [0.1, 0.15) is 17.3 Å². The molecule has 2 aromatic rings. The van der Waals surface area contributed by atoms with Gasteiger partial charge in [-0.3, -0.25) is 20.2 Å². The molecule has 0 N–H and O–H groups in total. The fourth-order valence-electron chi connectivity index (χ4n) is 1.96. The third kappa shape index (κ3) is 4.25. The Bertz CT molecular complexity index is 858. The van der Waals surface area contributed by atoms with E-state index in [1.54, 1.807) is 13.0 Å². The van der Waals surface area contributed by atoms with E-state index >= 15 is 0 Å². The van der Waals surface area contributed by atoms with E-state index in [0.29, 0.717) is 0 Å². The molecular weight excluding hydrogens is 372 g/mol. The second-order valence-electron chi connectivity index (χ2n) is 4.60.